The zero-order chi connectivity index (χ0) is 21.8. The lowest BCUT2D eigenvalue weighted by Gasteiger charge is -2.48. The largest absolute Gasteiger partial charge is 0.384 e. The minimum absolute atomic E-state index is 0.505. The number of rotatable bonds is 7. The Hall–Kier alpha value is -2.73. The summed E-state index contributed by atoms with van der Waals surface area (Å²) in [4.78, 5) is 7.07. The van der Waals surface area contributed by atoms with Crippen LogP contribution in [-0.2, 0) is 17.7 Å². The summed E-state index contributed by atoms with van der Waals surface area (Å²) in [6, 6.07) is 26.8. The molecule has 5 heteroatoms. The zero-order valence-corrected chi connectivity index (χ0v) is 18.5. The van der Waals surface area contributed by atoms with Crippen LogP contribution in [-0.4, -0.2) is 47.8 Å². The van der Waals surface area contributed by atoms with E-state index in [1.807, 2.05) is 18.2 Å². The summed E-state index contributed by atoms with van der Waals surface area (Å²) in [5, 5.41) is 3.83. The Labute approximate surface area is 190 Å². The van der Waals surface area contributed by atoms with Gasteiger partial charge < -0.3 is 15.8 Å². The predicted molar refractivity (Wildman–Crippen MR) is 129 cm³/mol. The first-order valence-corrected chi connectivity index (χ1v) is 11.7. The first-order valence-electron chi connectivity index (χ1n) is 11.7. The number of anilines is 1. The molecule has 5 nitrogen and oxygen atoms in total. The van der Waals surface area contributed by atoms with Crippen LogP contribution in [0.5, 0.6) is 0 Å². The molecule has 2 bridgehead atoms. The summed E-state index contributed by atoms with van der Waals surface area (Å²) in [5.41, 5.74) is 10.6. The average Bonchev–Trinajstić information content (AvgIpc) is 2.81. The lowest BCUT2D eigenvalue weighted by atomic mass is 9.89. The molecule has 2 atom stereocenters. The number of hydrogen-bond acceptors (Lipinski definition) is 5. The third-order valence-corrected chi connectivity index (χ3v) is 6.75. The Kier molecular flexibility index (Phi) is 6.49. The molecule has 2 unspecified atom stereocenters. The molecule has 32 heavy (non-hydrogen) atoms. The molecule has 3 N–H and O–H groups in total. The van der Waals surface area contributed by atoms with Gasteiger partial charge in [0.1, 0.15) is 5.82 Å². The van der Waals surface area contributed by atoms with E-state index < -0.39 is 0 Å². The maximum atomic E-state index is 5.90. The molecule has 0 saturated carbocycles. The van der Waals surface area contributed by atoms with Gasteiger partial charge in [-0.1, -0.05) is 60.7 Å². The summed E-state index contributed by atoms with van der Waals surface area (Å²) >= 11 is 0. The number of aromatic nitrogens is 1. The number of fused-ring (bicyclic) bond motifs is 2. The second-order valence-corrected chi connectivity index (χ2v) is 9.02. The van der Waals surface area contributed by atoms with E-state index in [4.69, 9.17) is 10.5 Å². The Morgan fingerprint density at radius 2 is 1.62 bits per heavy atom. The molecule has 0 spiro atoms. The third kappa shape index (κ3) is 5.01. The van der Waals surface area contributed by atoms with Gasteiger partial charge >= 0.3 is 0 Å². The molecule has 3 heterocycles. The number of nitrogens with two attached hydrogens (primary N) is 1. The summed E-state index contributed by atoms with van der Waals surface area (Å²) in [6.07, 6.45) is 3.34. The molecule has 3 aromatic rings. The number of nitrogens with one attached hydrogen (secondary N) is 1. The van der Waals surface area contributed by atoms with E-state index in [9.17, 15) is 0 Å². The van der Waals surface area contributed by atoms with E-state index in [-0.39, 0.29) is 0 Å². The van der Waals surface area contributed by atoms with Crippen molar-refractivity contribution in [3.05, 3.63) is 83.9 Å². The van der Waals surface area contributed by atoms with Crippen molar-refractivity contribution in [1.29, 1.82) is 0 Å². The van der Waals surface area contributed by atoms with Gasteiger partial charge in [-0.15, -0.1) is 0 Å². The van der Waals surface area contributed by atoms with Crippen LogP contribution in [0.1, 0.15) is 24.0 Å². The molecule has 2 aliphatic heterocycles. The van der Waals surface area contributed by atoms with Crippen LogP contribution in [0, 0.1) is 0 Å². The lowest BCUT2D eigenvalue weighted by molar-refractivity contribution is -0.0851. The summed E-state index contributed by atoms with van der Waals surface area (Å²) in [6.45, 7) is 3.72. The highest BCUT2D eigenvalue weighted by molar-refractivity contribution is 5.61. The Morgan fingerprint density at radius 1 is 0.875 bits per heavy atom. The van der Waals surface area contributed by atoms with Gasteiger partial charge in [0.05, 0.1) is 18.9 Å². The SMILES string of the molecule is Nc1cccc(-c2ccc(CCNC3CC4COCC(C3)N4Cc3ccccc3)cc2)n1. The standard InChI is InChI=1S/C27H32N4O/c28-27-8-4-7-26(30-27)22-11-9-20(10-12-22)13-14-29-23-15-24-18-32-19-25(16-23)31(24)17-21-5-2-1-3-6-21/h1-12,23-25,29H,13-19H2,(H2,28,30). The van der Waals surface area contributed by atoms with Gasteiger partial charge in [0.15, 0.2) is 0 Å². The van der Waals surface area contributed by atoms with Crippen LogP contribution < -0.4 is 11.1 Å². The van der Waals surface area contributed by atoms with E-state index in [1.165, 1.54) is 11.1 Å². The van der Waals surface area contributed by atoms with Crippen molar-refractivity contribution < 1.29 is 4.74 Å². The quantitative estimate of drug-likeness (QED) is 0.598. The topological polar surface area (TPSA) is 63.4 Å². The van der Waals surface area contributed by atoms with Crippen LogP contribution in [0.25, 0.3) is 11.3 Å². The van der Waals surface area contributed by atoms with Crippen molar-refractivity contribution in [3.8, 4) is 11.3 Å². The molecule has 2 aliphatic rings. The molecule has 0 aliphatic carbocycles. The maximum absolute atomic E-state index is 5.90. The number of nitrogens with zero attached hydrogens (tertiary/aromatic N) is 2. The van der Waals surface area contributed by atoms with Crippen LogP contribution in [0.4, 0.5) is 5.82 Å². The molecule has 5 rings (SSSR count). The number of morpholine rings is 1. The van der Waals surface area contributed by atoms with Gasteiger partial charge in [-0.25, -0.2) is 4.98 Å². The number of pyridine rings is 1. The van der Waals surface area contributed by atoms with Gasteiger partial charge in [0.2, 0.25) is 0 Å². The minimum atomic E-state index is 0.505. The van der Waals surface area contributed by atoms with Gasteiger partial charge in [-0.2, -0.15) is 0 Å². The molecule has 166 valence electrons. The lowest BCUT2D eigenvalue weighted by Crippen LogP contribution is -2.59. The fourth-order valence-electron chi connectivity index (χ4n) is 5.08. The molecular formula is C27H32N4O. The summed E-state index contributed by atoms with van der Waals surface area (Å²) < 4.78 is 5.90. The number of piperidine rings is 1. The van der Waals surface area contributed by atoms with Crippen molar-refractivity contribution in [2.45, 2.75) is 43.9 Å². The maximum Gasteiger partial charge on any atom is 0.124 e. The van der Waals surface area contributed by atoms with Gasteiger partial charge in [-0.3, -0.25) is 4.90 Å². The van der Waals surface area contributed by atoms with Crippen LogP contribution in [0.2, 0.25) is 0 Å². The van der Waals surface area contributed by atoms with E-state index >= 15 is 0 Å². The van der Waals surface area contributed by atoms with Crippen molar-refractivity contribution in [1.82, 2.24) is 15.2 Å². The smallest absolute Gasteiger partial charge is 0.124 e. The van der Waals surface area contributed by atoms with Gasteiger partial charge in [0, 0.05) is 30.2 Å². The second-order valence-electron chi connectivity index (χ2n) is 9.02. The van der Waals surface area contributed by atoms with E-state index in [0.29, 0.717) is 23.9 Å². The Morgan fingerprint density at radius 3 is 2.34 bits per heavy atom. The van der Waals surface area contributed by atoms with E-state index in [1.54, 1.807) is 0 Å². The van der Waals surface area contributed by atoms with Gasteiger partial charge in [-0.05, 0) is 49.1 Å². The van der Waals surface area contributed by atoms with Crippen LogP contribution in [0.15, 0.2) is 72.8 Å². The molecule has 0 amide bonds. The predicted octanol–water partition coefficient (Wildman–Crippen LogP) is 3.89. The molecular weight excluding hydrogens is 396 g/mol. The van der Waals surface area contributed by atoms with Crippen molar-refractivity contribution >= 4 is 5.82 Å². The van der Waals surface area contributed by atoms with Crippen LogP contribution >= 0.6 is 0 Å². The van der Waals surface area contributed by atoms with Gasteiger partial charge in [0.25, 0.3) is 0 Å². The highest BCUT2D eigenvalue weighted by Gasteiger charge is 2.38. The minimum Gasteiger partial charge on any atom is -0.384 e. The molecule has 0 radical (unpaired) electrons. The monoisotopic (exact) mass is 428 g/mol. The molecule has 2 saturated heterocycles. The molecule has 1 aromatic heterocycles. The zero-order valence-electron chi connectivity index (χ0n) is 18.5. The average molecular weight is 429 g/mol. The number of nitrogen functional groups attached to an aromatic ring is 1. The van der Waals surface area contributed by atoms with E-state index in [2.05, 4.69) is 69.8 Å². The number of ether oxygens (including phenoxy) is 1. The first kappa shape index (κ1) is 21.1. The Bertz CT molecular complexity index is 994. The third-order valence-electron chi connectivity index (χ3n) is 6.75. The number of hydrogen-bond donors (Lipinski definition) is 2. The normalized spacial score (nSPS) is 23.2. The Balaban J connectivity index is 1.13. The second kappa shape index (κ2) is 9.82. The van der Waals surface area contributed by atoms with Crippen molar-refractivity contribution in [3.63, 3.8) is 0 Å². The molecule has 2 aromatic carbocycles. The van der Waals surface area contributed by atoms with Crippen LogP contribution in [0.3, 0.4) is 0 Å². The first-order chi connectivity index (χ1) is 15.7. The summed E-state index contributed by atoms with van der Waals surface area (Å²) in [7, 11) is 0. The fraction of sp³-hybridized carbons (Fsp3) is 0.370. The fourth-order valence-corrected chi connectivity index (χ4v) is 5.08. The van der Waals surface area contributed by atoms with Crippen molar-refractivity contribution in [2.24, 2.45) is 0 Å². The van der Waals surface area contributed by atoms with E-state index in [0.717, 1.165) is 56.8 Å². The number of benzene rings is 2. The highest BCUT2D eigenvalue weighted by Crippen LogP contribution is 2.29. The molecule has 2 fully saturated rings. The highest BCUT2D eigenvalue weighted by atomic mass is 16.5. The summed E-state index contributed by atoms with van der Waals surface area (Å²) in [5.74, 6) is 0.556. The van der Waals surface area contributed by atoms with Crippen molar-refractivity contribution in [2.75, 3.05) is 25.5 Å².